The Morgan fingerprint density at radius 2 is 0.355 bits per heavy atom. The smallest absolute Gasteiger partial charge is 0.00135 e. The van der Waals surface area contributed by atoms with E-state index in [0.29, 0.717) is 0 Å². The van der Waals surface area contributed by atoms with Crippen molar-refractivity contribution in [3.8, 4) is 44.5 Å². The van der Waals surface area contributed by atoms with Crippen molar-refractivity contribution in [2.45, 2.75) is 41.5 Å². The maximum Gasteiger partial charge on any atom is -0.00135 e. The Hall–Kier alpha value is -13.5. The van der Waals surface area contributed by atoms with Crippen LogP contribution >= 0.6 is 0 Å². The normalized spacial score (nSPS) is 10.8. The minimum absolute atomic E-state index is 0. The predicted molar refractivity (Wildman–Crippen MR) is 482 cm³/mol. The van der Waals surface area contributed by atoms with E-state index in [4.69, 9.17) is 0 Å². The average molecular weight is 1410 g/mol. The van der Waals surface area contributed by atoms with Gasteiger partial charge in [0.1, 0.15) is 0 Å². The van der Waals surface area contributed by atoms with Crippen molar-refractivity contribution < 1.29 is 0 Å². The van der Waals surface area contributed by atoms with Crippen LogP contribution in [0.1, 0.15) is 48.2 Å². The average Bonchev–Trinajstić information content (AvgIpc) is 0.966. The van der Waals surface area contributed by atoms with Gasteiger partial charge < -0.3 is 0 Å². The number of hydrogen-bond donors (Lipinski definition) is 0. The molecule has 0 N–H and O–H groups in total. The van der Waals surface area contributed by atoms with Gasteiger partial charge in [0.2, 0.25) is 0 Å². The second-order valence-electron chi connectivity index (χ2n) is 27.5. The third kappa shape index (κ3) is 17.9. The Kier molecular flexibility index (Phi) is 24.9. The van der Waals surface area contributed by atoms with Gasteiger partial charge in [-0.3, -0.25) is 0 Å². The first kappa shape index (κ1) is 74.7. The monoisotopic (exact) mass is 1410 g/mol. The van der Waals surface area contributed by atoms with Gasteiger partial charge in [0.25, 0.3) is 0 Å². The van der Waals surface area contributed by atoms with Crippen LogP contribution in [0.2, 0.25) is 0 Å². The Balaban J connectivity index is 0.000000111. The minimum atomic E-state index is 0. The Bertz CT molecular complexity index is 5670. The lowest BCUT2D eigenvalue weighted by Gasteiger charge is -2.09. The Morgan fingerprint density at radius 3 is 0.636 bits per heavy atom. The third-order valence-corrected chi connectivity index (χ3v) is 20.3. The number of benzene rings is 20. The van der Waals surface area contributed by atoms with Gasteiger partial charge in [-0.25, -0.2) is 0 Å². The topological polar surface area (TPSA) is 0 Å². The highest BCUT2D eigenvalue weighted by Crippen LogP contribution is 2.39. The van der Waals surface area contributed by atoms with Gasteiger partial charge in [0.15, 0.2) is 0 Å². The highest BCUT2D eigenvalue weighted by molar-refractivity contribution is 6.25. The van der Waals surface area contributed by atoms with Gasteiger partial charge >= 0.3 is 0 Å². The van der Waals surface area contributed by atoms with Crippen molar-refractivity contribution in [3.05, 3.63) is 482 Å². The molecule has 0 amide bonds. The molecule has 20 aromatic rings. The van der Waals surface area contributed by atoms with Crippen molar-refractivity contribution in [1.82, 2.24) is 0 Å². The Morgan fingerprint density at radius 1 is 0.145 bits per heavy atom. The van der Waals surface area contributed by atoms with Crippen LogP contribution in [-0.4, -0.2) is 0 Å². The van der Waals surface area contributed by atoms with E-state index < -0.39 is 0 Å². The van der Waals surface area contributed by atoms with Crippen LogP contribution in [0.3, 0.4) is 0 Å². The molecule has 0 unspecified atom stereocenters. The molecule has 22 rings (SSSR count). The summed E-state index contributed by atoms with van der Waals surface area (Å²) in [5.41, 5.74) is 19.2. The number of hydrogen-bond acceptors (Lipinski definition) is 0. The first-order chi connectivity index (χ1) is 53.4. The van der Waals surface area contributed by atoms with E-state index in [1.165, 1.54) is 164 Å². The van der Waals surface area contributed by atoms with Gasteiger partial charge in [-0.1, -0.05) is 457 Å². The molecule has 0 radical (unpaired) electrons. The molecule has 0 saturated carbocycles. The highest BCUT2D eigenvalue weighted by atomic mass is 14.2. The fraction of sp³-hybridized carbons (Fsp3) is 0.0545. The highest BCUT2D eigenvalue weighted by Gasteiger charge is 2.17. The second-order valence-corrected chi connectivity index (χ2v) is 27.5. The predicted octanol–water partition coefficient (Wildman–Crippen LogP) is 31.1. The molecule has 110 heavy (non-hydrogen) atoms. The van der Waals surface area contributed by atoms with Crippen LogP contribution in [-0.2, 0) is 12.8 Å². The van der Waals surface area contributed by atoms with Gasteiger partial charge in [-0.2, -0.15) is 0 Å². The summed E-state index contributed by atoms with van der Waals surface area (Å²) in [5, 5.41) is 21.2. The van der Waals surface area contributed by atoms with E-state index in [1.807, 2.05) is 12.1 Å². The molecule has 0 fully saturated rings. The van der Waals surface area contributed by atoms with Crippen LogP contribution in [0.25, 0.3) is 131 Å². The fourth-order valence-electron chi connectivity index (χ4n) is 14.8. The first-order valence-electron chi connectivity index (χ1n) is 37.4. The van der Waals surface area contributed by atoms with Gasteiger partial charge in [-0.05, 0) is 198 Å². The van der Waals surface area contributed by atoms with E-state index in [9.17, 15) is 0 Å². The van der Waals surface area contributed by atoms with E-state index in [-0.39, 0.29) is 14.9 Å². The molecule has 0 aliphatic heterocycles. The minimum Gasteiger partial charge on any atom is -0.0776 e. The van der Waals surface area contributed by atoms with Crippen molar-refractivity contribution in [3.63, 3.8) is 0 Å². The summed E-state index contributed by atoms with van der Waals surface area (Å²) in [5.74, 6) is 0. The SMILES string of the molecule is C.C.Cc1ccc(C)cc1.c1ccc(-c2cccc(-c3ccccc3)c2)cc1.c1ccc2c(c1)Cc1ccccc1-2.c1ccc2c(c1)Cc1ccccc1-2.c1ccc2c(c1)c1ccccc1c1ccccc21.c1ccc2c(c1)ccc1ccccc12.c1ccc2cc3ccccc3cc2c1.c1ccc2ccccc2c1. The molecule has 0 bridgehead atoms. The lowest BCUT2D eigenvalue weighted by molar-refractivity contribution is 1.26. The van der Waals surface area contributed by atoms with Crippen LogP contribution in [0.5, 0.6) is 0 Å². The number of fused-ring (bicyclic) bond motifs is 18. The molecule has 0 atom stereocenters. The maximum atomic E-state index is 2.24. The van der Waals surface area contributed by atoms with E-state index >= 15 is 0 Å². The van der Waals surface area contributed by atoms with E-state index in [1.54, 1.807) is 0 Å². The summed E-state index contributed by atoms with van der Waals surface area (Å²) in [6.45, 7) is 4.19. The summed E-state index contributed by atoms with van der Waals surface area (Å²) in [6.07, 6.45) is 2.21. The van der Waals surface area contributed by atoms with Crippen molar-refractivity contribution in [2.24, 2.45) is 0 Å². The summed E-state index contributed by atoms with van der Waals surface area (Å²) >= 11 is 0. The fourth-order valence-corrected chi connectivity index (χ4v) is 14.8. The molecule has 0 aromatic heterocycles. The quantitative estimate of drug-likeness (QED) is 0.120. The molecular weight excluding hydrogens is 1320 g/mol. The molecule has 0 saturated heterocycles. The van der Waals surface area contributed by atoms with Crippen LogP contribution in [0, 0.1) is 13.8 Å². The molecule has 0 heteroatoms. The van der Waals surface area contributed by atoms with Crippen LogP contribution in [0.4, 0.5) is 0 Å². The van der Waals surface area contributed by atoms with Crippen LogP contribution in [0.15, 0.2) is 449 Å². The summed E-state index contributed by atoms with van der Waals surface area (Å²) in [6, 6.07) is 158. The summed E-state index contributed by atoms with van der Waals surface area (Å²) in [7, 11) is 0. The van der Waals surface area contributed by atoms with Crippen molar-refractivity contribution >= 4 is 86.2 Å². The standard InChI is InChI=1S/C18H12.C18H14.2C14H10.2C13H10.C10H8.C8H10.2CH4/c1-2-8-14-13(7-1)15-9-3-4-11-17(15)18-12-6-5-10-16(14)18;1-3-8-15(9-4-1)17-12-7-13-18(14-17)16-10-5-2-6-11-16;1-3-7-13-11(5-1)9-10-12-6-2-4-8-14(12)13;1-2-6-12-10-14-8-4-3-7-13(14)9-11(12)5-1;2*1-3-7-12-10(5-1)9-11-6-2-4-8-13(11)12;1-2-6-10-8-4-3-7-9(10)5-1;1-7-3-5-8(2)6-4-7;;/h1-12H;1-14H;2*1-10H;2*1-8H,9H2;1-8H;3-6H,1-2H3;2*1H4. The third-order valence-electron chi connectivity index (χ3n) is 20.3. The van der Waals surface area contributed by atoms with Gasteiger partial charge in [0.05, 0.1) is 0 Å². The van der Waals surface area contributed by atoms with E-state index in [0.717, 1.165) is 12.8 Å². The van der Waals surface area contributed by atoms with Crippen molar-refractivity contribution in [1.29, 1.82) is 0 Å². The first-order valence-corrected chi connectivity index (χ1v) is 37.4. The summed E-state index contributed by atoms with van der Waals surface area (Å²) < 4.78 is 0. The number of rotatable bonds is 2. The molecule has 0 heterocycles. The largest absolute Gasteiger partial charge is 0.0776 e. The maximum absolute atomic E-state index is 2.24. The lowest BCUT2D eigenvalue weighted by atomic mass is 9.95. The second kappa shape index (κ2) is 36.7. The molecule has 0 spiro atoms. The van der Waals surface area contributed by atoms with Gasteiger partial charge in [0, 0.05) is 0 Å². The summed E-state index contributed by atoms with van der Waals surface area (Å²) in [4.78, 5) is 0. The van der Waals surface area contributed by atoms with Crippen LogP contribution < -0.4 is 0 Å². The molecule has 2 aliphatic carbocycles. The molecule has 532 valence electrons. The lowest BCUT2D eigenvalue weighted by Crippen LogP contribution is -1.81. The molecular formula is C110H92. The Labute approximate surface area is 650 Å². The van der Waals surface area contributed by atoms with Crippen molar-refractivity contribution in [2.75, 3.05) is 0 Å². The zero-order valence-corrected chi connectivity index (χ0v) is 61.1. The van der Waals surface area contributed by atoms with E-state index in [2.05, 4.69) is 451 Å². The zero-order chi connectivity index (χ0) is 73.1. The number of aryl methyl sites for hydroxylation is 2. The zero-order valence-electron chi connectivity index (χ0n) is 61.1. The van der Waals surface area contributed by atoms with Gasteiger partial charge in [-0.15, -0.1) is 0 Å². The molecule has 0 nitrogen and oxygen atoms in total. The molecule has 2 aliphatic rings. The molecule has 20 aromatic carbocycles.